The molecule has 1 aromatic heterocycles. The highest BCUT2D eigenvalue weighted by molar-refractivity contribution is 5.83. The molecule has 0 radical (unpaired) electrons. The van der Waals surface area contributed by atoms with Gasteiger partial charge >= 0.3 is 0 Å². The van der Waals surface area contributed by atoms with Gasteiger partial charge in [-0.3, -0.25) is 4.99 Å². The Balaban J connectivity index is 1.87. The minimum Gasteiger partial charge on any atom is -0.506 e. The topological polar surface area (TPSA) is 46.8 Å². The zero-order valence-electron chi connectivity index (χ0n) is 13.1. The van der Waals surface area contributed by atoms with Crippen molar-refractivity contribution in [2.75, 3.05) is 7.11 Å². The lowest BCUT2D eigenvalue weighted by Gasteiger charge is -2.06. The molecule has 116 valence electrons. The fourth-order valence-electron chi connectivity index (χ4n) is 2.41. The van der Waals surface area contributed by atoms with Crippen molar-refractivity contribution in [3.8, 4) is 17.2 Å². The van der Waals surface area contributed by atoms with E-state index in [1.807, 2.05) is 49.5 Å². The van der Waals surface area contributed by atoms with E-state index in [9.17, 15) is 5.11 Å². The number of aromatic hydroxyl groups is 1. The molecule has 0 fully saturated rings. The Morgan fingerprint density at radius 3 is 2.52 bits per heavy atom. The van der Waals surface area contributed by atoms with Crippen molar-refractivity contribution in [3.63, 3.8) is 0 Å². The number of nitrogens with zero attached hydrogens (tertiary/aromatic N) is 2. The minimum absolute atomic E-state index is 0.176. The summed E-state index contributed by atoms with van der Waals surface area (Å²) in [5, 5.41) is 9.74. The molecule has 1 N–H and O–H groups in total. The van der Waals surface area contributed by atoms with Gasteiger partial charge in [0.15, 0.2) is 0 Å². The molecule has 0 atom stereocenters. The molecule has 0 bridgehead atoms. The van der Waals surface area contributed by atoms with E-state index in [1.54, 1.807) is 31.5 Å². The lowest BCUT2D eigenvalue weighted by atomic mass is 10.3. The van der Waals surface area contributed by atoms with Crippen LogP contribution in [0.15, 0.2) is 65.8 Å². The quantitative estimate of drug-likeness (QED) is 0.732. The van der Waals surface area contributed by atoms with Crippen LogP contribution in [-0.2, 0) is 0 Å². The number of hydrogen-bond donors (Lipinski definition) is 1. The summed E-state index contributed by atoms with van der Waals surface area (Å²) in [5.74, 6) is 1.01. The molecule has 0 spiro atoms. The Labute approximate surface area is 135 Å². The molecule has 2 aromatic carbocycles. The number of phenols is 1. The lowest BCUT2D eigenvalue weighted by Crippen LogP contribution is -1.94. The van der Waals surface area contributed by atoms with Crippen LogP contribution in [-0.4, -0.2) is 23.0 Å². The Kier molecular flexibility index (Phi) is 4.15. The molecule has 0 unspecified atom stereocenters. The van der Waals surface area contributed by atoms with E-state index in [-0.39, 0.29) is 5.75 Å². The SMILES string of the molecule is COc1ccc(-n2cc(C=Nc3ccccc3O)cc2C)cc1. The van der Waals surface area contributed by atoms with Crippen LogP contribution >= 0.6 is 0 Å². The summed E-state index contributed by atoms with van der Waals surface area (Å²) in [5.41, 5.74) is 3.70. The van der Waals surface area contributed by atoms with Gasteiger partial charge in [0.05, 0.1) is 7.11 Å². The number of rotatable bonds is 4. The standard InChI is InChI=1S/C19H18N2O2/c1-14-11-15(12-20-18-5-3-4-6-19(18)22)13-21(14)16-7-9-17(23-2)10-8-16/h3-13,22H,1-2H3. The summed E-state index contributed by atoms with van der Waals surface area (Å²) in [6, 6.07) is 17.0. The van der Waals surface area contributed by atoms with Gasteiger partial charge in [-0.15, -0.1) is 0 Å². The maximum absolute atomic E-state index is 9.74. The summed E-state index contributed by atoms with van der Waals surface area (Å²) in [4.78, 5) is 4.34. The summed E-state index contributed by atoms with van der Waals surface area (Å²) in [6.45, 7) is 2.04. The number of methoxy groups -OCH3 is 1. The Morgan fingerprint density at radius 2 is 1.83 bits per heavy atom. The van der Waals surface area contributed by atoms with Crippen molar-refractivity contribution < 1.29 is 9.84 Å². The number of aryl methyl sites for hydroxylation is 1. The van der Waals surface area contributed by atoms with Gasteiger partial charge in [-0.05, 0) is 49.4 Å². The number of ether oxygens (including phenoxy) is 1. The fourth-order valence-corrected chi connectivity index (χ4v) is 2.41. The van der Waals surface area contributed by atoms with E-state index >= 15 is 0 Å². The van der Waals surface area contributed by atoms with Gasteiger partial charge in [0.2, 0.25) is 0 Å². The summed E-state index contributed by atoms with van der Waals surface area (Å²) < 4.78 is 7.27. The first-order chi connectivity index (χ1) is 11.2. The smallest absolute Gasteiger partial charge is 0.141 e. The summed E-state index contributed by atoms with van der Waals surface area (Å²) >= 11 is 0. The molecular weight excluding hydrogens is 288 g/mol. The van der Waals surface area contributed by atoms with E-state index in [1.165, 1.54) is 0 Å². The Bertz CT molecular complexity index is 833. The first-order valence-electron chi connectivity index (χ1n) is 7.33. The summed E-state index contributed by atoms with van der Waals surface area (Å²) in [6.07, 6.45) is 3.77. The molecule has 4 nitrogen and oxygen atoms in total. The predicted molar refractivity (Wildman–Crippen MR) is 92.4 cm³/mol. The molecule has 0 amide bonds. The number of aliphatic imine (C=N–C) groups is 1. The van der Waals surface area contributed by atoms with Crippen molar-refractivity contribution in [3.05, 3.63) is 72.1 Å². The van der Waals surface area contributed by atoms with Gasteiger partial charge < -0.3 is 14.4 Å². The highest BCUT2D eigenvalue weighted by atomic mass is 16.5. The Morgan fingerprint density at radius 1 is 1.09 bits per heavy atom. The third kappa shape index (κ3) is 3.26. The molecule has 0 aliphatic carbocycles. The van der Waals surface area contributed by atoms with Crippen molar-refractivity contribution in [1.82, 2.24) is 4.57 Å². The molecule has 4 heteroatoms. The van der Waals surface area contributed by atoms with Crippen molar-refractivity contribution in [2.45, 2.75) is 6.92 Å². The molecule has 3 rings (SSSR count). The van der Waals surface area contributed by atoms with Crippen LogP contribution in [0.2, 0.25) is 0 Å². The van der Waals surface area contributed by atoms with Crippen molar-refractivity contribution in [1.29, 1.82) is 0 Å². The number of hydrogen-bond acceptors (Lipinski definition) is 3. The highest BCUT2D eigenvalue weighted by Crippen LogP contribution is 2.25. The Hall–Kier alpha value is -3.01. The van der Waals surface area contributed by atoms with Crippen LogP contribution in [0, 0.1) is 6.92 Å². The fraction of sp³-hybridized carbons (Fsp3) is 0.105. The zero-order chi connectivity index (χ0) is 16.2. The number of para-hydroxylation sites is 2. The third-order valence-corrected chi connectivity index (χ3v) is 3.62. The van der Waals surface area contributed by atoms with Gasteiger partial charge in [0.1, 0.15) is 17.2 Å². The predicted octanol–water partition coefficient (Wildman–Crippen LogP) is 4.25. The number of benzene rings is 2. The van der Waals surface area contributed by atoms with Crippen LogP contribution in [0.4, 0.5) is 5.69 Å². The second-order valence-electron chi connectivity index (χ2n) is 5.23. The average molecular weight is 306 g/mol. The maximum Gasteiger partial charge on any atom is 0.141 e. The zero-order valence-corrected chi connectivity index (χ0v) is 13.1. The minimum atomic E-state index is 0.176. The van der Waals surface area contributed by atoms with Gasteiger partial charge in [0.25, 0.3) is 0 Å². The normalized spacial score (nSPS) is 11.0. The van der Waals surface area contributed by atoms with Crippen LogP contribution in [0.3, 0.4) is 0 Å². The molecule has 0 aliphatic heterocycles. The monoisotopic (exact) mass is 306 g/mol. The van der Waals surface area contributed by atoms with Crippen LogP contribution < -0.4 is 4.74 Å². The van der Waals surface area contributed by atoms with Gasteiger partial charge in [-0.25, -0.2) is 0 Å². The molecule has 0 saturated carbocycles. The molecule has 1 heterocycles. The molecular formula is C19H18N2O2. The van der Waals surface area contributed by atoms with Crippen LogP contribution in [0.1, 0.15) is 11.3 Å². The number of phenolic OH excluding ortho intramolecular Hbond substituents is 1. The average Bonchev–Trinajstić information content (AvgIpc) is 2.95. The van der Waals surface area contributed by atoms with E-state index < -0.39 is 0 Å². The summed E-state index contributed by atoms with van der Waals surface area (Å²) in [7, 11) is 1.66. The lowest BCUT2D eigenvalue weighted by molar-refractivity contribution is 0.414. The number of aromatic nitrogens is 1. The second kappa shape index (κ2) is 6.40. The molecule has 23 heavy (non-hydrogen) atoms. The van der Waals surface area contributed by atoms with Crippen LogP contribution in [0.5, 0.6) is 11.5 Å². The maximum atomic E-state index is 9.74. The highest BCUT2D eigenvalue weighted by Gasteiger charge is 2.04. The molecule has 0 saturated heterocycles. The van der Waals surface area contributed by atoms with E-state index in [0.717, 1.165) is 22.7 Å². The second-order valence-corrected chi connectivity index (χ2v) is 5.23. The molecule has 0 aliphatic rings. The van der Waals surface area contributed by atoms with Crippen molar-refractivity contribution >= 4 is 11.9 Å². The van der Waals surface area contributed by atoms with Crippen molar-refractivity contribution in [2.24, 2.45) is 4.99 Å². The third-order valence-electron chi connectivity index (χ3n) is 3.62. The van der Waals surface area contributed by atoms with Gasteiger partial charge in [-0.1, -0.05) is 12.1 Å². The van der Waals surface area contributed by atoms with Gasteiger partial charge in [-0.2, -0.15) is 0 Å². The largest absolute Gasteiger partial charge is 0.506 e. The van der Waals surface area contributed by atoms with E-state index in [4.69, 9.17) is 4.74 Å². The molecule has 3 aromatic rings. The van der Waals surface area contributed by atoms with E-state index in [0.29, 0.717) is 5.69 Å². The van der Waals surface area contributed by atoms with Gasteiger partial charge in [0, 0.05) is 29.4 Å². The first kappa shape index (κ1) is 14.9. The van der Waals surface area contributed by atoms with Crippen LogP contribution in [0.25, 0.3) is 5.69 Å². The first-order valence-corrected chi connectivity index (χ1v) is 7.33. The van der Waals surface area contributed by atoms with E-state index in [2.05, 4.69) is 9.56 Å².